The molecule has 1 heterocycles. The molecule has 0 radical (unpaired) electrons. The van der Waals surface area contributed by atoms with Crippen LogP contribution in [0.25, 0.3) is 0 Å². The van der Waals surface area contributed by atoms with Crippen molar-refractivity contribution in [2.45, 2.75) is 25.8 Å². The number of fused-ring (bicyclic) bond motifs is 1. The average molecular weight is 293 g/mol. The second-order valence-corrected chi connectivity index (χ2v) is 6.28. The number of rotatable bonds is 3. The molecular weight excluding hydrogens is 280 g/mol. The van der Waals surface area contributed by atoms with Crippen LogP contribution in [0, 0.1) is 0 Å². The lowest BCUT2D eigenvalue weighted by Gasteiger charge is -2.16. The number of aromatic nitrogens is 1. The first-order chi connectivity index (χ1) is 9.22. The Morgan fingerprint density at radius 1 is 1.37 bits per heavy atom. The number of benzene rings is 1. The van der Waals surface area contributed by atoms with Gasteiger partial charge in [0, 0.05) is 28.7 Å². The van der Waals surface area contributed by atoms with E-state index in [-0.39, 0.29) is 5.78 Å². The maximum absolute atomic E-state index is 11.9. The van der Waals surface area contributed by atoms with Crippen LogP contribution in [0.4, 0.5) is 5.69 Å². The minimum Gasteiger partial charge on any atom is -0.380 e. The smallest absolute Gasteiger partial charge is 0.183 e. The van der Waals surface area contributed by atoms with E-state index in [4.69, 9.17) is 11.6 Å². The summed E-state index contributed by atoms with van der Waals surface area (Å²) in [6.45, 7) is 0.678. The summed E-state index contributed by atoms with van der Waals surface area (Å²) in [7, 11) is 0. The highest BCUT2D eigenvalue weighted by molar-refractivity contribution is 7.15. The number of thiazole rings is 1. The van der Waals surface area contributed by atoms with Gasteiger partial charge in [0.2, 0.25) is 0 Å². The van der Waals surface area contributed by atoms with Gasteiger partial charge in [0.25, 0.3) is 0 Å². The summed E-state index contributed by atoms with van der Waals surface area (Å²) in [5.74, 6) is 0.255. The number of aryl methyl sites for hydroxylation is 1. The third kappa shape index (κ3) is 2.80. The molecule has 1 aromatic heterocycles. The molecule has 0 amide bonds. The van der Waals surface area contributed by atoms with Crippen LogP contribution < -0.4 is 5.32 Å². The van der Waals surface area contributed by atoms with Gasteiger partial charge in [-0.1, -0.05) is 17.7 Å². The third-order valence-corrected chi connectivity index (χ3v) is 4.37. The molecule has 0 atom stereocenters. The highest BCUT2D eigenvalue weighted by Gasteiger charge is 2.17. The Bertz CT molecular complexity index is 624. The molecule has 3 nitrogen and oxygen atoms in total. The number of hydrogen-bond donors (Lipinski definition) is 1. The SMILES string of the molecule is O=C1CCCc2ccc(NCc3cnc(Cl)s3)cc21. The van der Waals surface area contributed by atoms with Crippen molar-refractivity contribution >= 4 is 34.4 Å². The Morgan fingerprint density at radius 2 is 2.26 bits per heavy atom. The molecule has 0 saturated heterocycles. The zero-order valence-electron chi connectivity index (χ0n) is 10.3. The van der Waals surface area contributed by atoms with E-state index in [9.17, 15) is 4.79 Å². The van der Waals surface area contributed by atoms with Crippen LogP contribution in [-0.4, -0.2) is 10.8 Å². The van der Waals surface area contributed by atoms with Gasteiger partial charge in [0.1, 0.15) is 0 Å². The Labute approximate surface area is 120 Å². The number of hydrogen-bond acceptors (Lipinski definition) is 4. The number of carbonyl (C=O) groups is 1. The zero-order chi connectivity index (χ0) is 13.2. The lowest BCUT2D eigenvalue weighted by Crippen LogP contribution is -2.11. The maximum Gasteiger partial charge on any atom is 0.183 e. The van der Waals surface area contributed by atoms with Crippen molar-refractivity contribution in [1.82, 2.24) is 4.98 Å². The van der Waals surface area contributed by atoms with E-state index >= 15 is 0 Å². The molecule has 1 N–H and O–H groups in total. The quantitative estimate of drug-likeness (QED) is 0.932. The Kier molecular flexibility index (Phi) is 3.53. The highest BCUT2D eigenvalue weighted by atomic mass is 35.5. The fraction of sp³-hybridized carbons (Fsp3) is 0.286. The lowest BCUT2D eigenvalue weighted by molar-refractivity contribution is 0.0972. The molecule has 2 aromatic rings. The van der Waals surface area contributed by atoms with E-state index in [1.165, 1.54) is 16.9 Å². The Morgan fingerprint density at radius 3 is 3.05 bits per heavy atom. The minimum atomic E-state index is 0.255. The summed E-state index contributed by atoms with van der Waals surface area (Å²) >= 11 is 7.25. The van der Waals surface area contributed by atoms with Crippen molar-refractivity contribution in [2.24, 2.45) is 0 Å². The summed E-state index contributed by atoms with van der Waals surface area (Å²) < 4.78 is 0.553. The monoisotopic (exact) mass is 292 g/mol. The molecule has 19 heavy (non-hydrogen) atoms. The van der Waals surface area contributed by atoms with Gasteiger partial charge in [-0.15, -0.1) is 11.3 Å². The first-order valence-electron chi connectivity index (χ1n) is 6.22. The van der Waals surface area contributed by atoms with Crippen molar-refractivity contribution in [1.29, 1.82) is 0 Å². The molecule has 0 spiro atoms. The van der Waals surface area contributed by atoms with Crippen LogP contribution >= 0.6 is 22.9 Å². The number of halogens is 1. The number of Topliss-reactive ketones (excluding diaryl/α,β-unsaturated/α-hetero) is 1. The van der Waals surface area contributed by atoms with Crippen molar-refractivity contribution in [2.75, 3.05) is 5.32 Å². The molecule has 98 valence electrons. The van der Waals surface area contributed by atoms with E-state index in [1.807, 2.05) is 18.2 Å². The number of ketones is 1. The standard InChI is InChI=1S/C14H13ClN2OS/c15-14-17-8-11(19-14)7-16-10-5-4-9-2-1-3-13(18)12(9)6-10/h4-6,8,16H,1-3,7H2. The molecule has 1 aliphatic carbocycles. The van der Waals surface area contributed by atoms with Gasteiger partial charge in [-0.25, -0.2) is 4.98 Å². The molecule has 0 aliphatic heterocycles. The summed E-state index contributed by atoms with van der Waals surface area (Å²) in [5.41, 5.74) is 3.01. The number of carbonyl (C=O) groups excluding carboxylic acids is 1. The van der Waals surface area contributed by atoms with Crippen LogP contribution in [0.5, 0.6) is 0 Å². The van der Waals surface area contributed by atoms with E-state index in [1.54, 1.807) is 6.20 Å². The molecular formula is C14H13ClN2OS. The van der Waals surface area contributed by atoms with Crippen molar-refractivity contribution in [3.8, 4) is 0 Å². The molecule has 1 aromatic carbocycles. The summed E-state index contributed by atoms with van der Waals surface area (Å²) in [6.07, 6.45) is 4.41. The Balaban J connectivity index is 1.75. The molecule has 3 rings (SSSR count). The van der Waals surface area contributed by atoms with Crippen LogP contribution in [0.1, 0.15) is 33.6 Å². The molecule has 1 aliphatic rings. The average Bonchev–Trinajstić information content (AvgIpc) is 2.83. The van der Waals surface area contributed by atoms with E-state index < -0.39 is 0 Å². The molecule has 0 bridgehead atoms. The van der Waals surface area contributed by atoms with Gasteiger partial charge in [-0.3, -0.25) is 4.79 Å². The largest absolute Gasteiger partial charge is 0.380 e. The molecule has 0 saturated carbocycles. The topological polar surface area (TPSA) is 42.0 Å². The highest BCUT2D eigenvalue weighted by Crippen LogP contribution is 2.25. The minimum absolute atomic E-state index is 0.255. The fourth-order valence-electron chi connectivity index (χ4n) is 2.29. The predicted molar refractivity (Wildman–Crippen MR) is 78.2 cm³/mol. The van der Waals surface area contributed by atoms with E-state index in [0.29, 0.717) is 17.4 Å². The van der Waals surface area contributed by atoms with Crippen molar-refractivity contribution < 1.29 is 4.79 Å². The van der Waals surface area contributed by atoms with Gasteiger partial charge in [-0.2, -0.15) is 0 Å². The summed E-state index contributed by atoms with van der Waals surface area (Å²) in [4.78, 5) is 16.9. The summed E-state index contributed by atoms with van der Waals surface area (Å²) in [5, 5.41) is 3.30. The van der Waals surface area contributed by atoms with Gasteiger partial charge >= 0.3 is 0 Å². The molecule has 5 heteroatoms. The summed E-state index contributed by atoms with van der Waals surface area (Å²) in [6, 6.07) is 6.04. The van der Waals surface area contributed by atoms with Crippen LogP contribution in [0.3, 0.4) is 0 Å². The number of nitrogens with one attached hydrogen (secondary N) is 1. The lowest BCUT2D eigenvalue weighted by atomic mass is 9.90. The first-order valence-corrected chi connectivity index (χ1v) is 7.42. The van der Waals surface area contributed by atoms with Crippen LogP contribution in [-0.2, 0) is 13.0 Å². The first kappa shape index (κ1) is 12.6. The second kappa shape index (κ2) is 5.31. The van der Waals surface area contributed by atoms with Gasteiger partial charge in [-0.05, 0) is 30.5 Å². The fourth-order valence-corrected chi connectivity index (χ4v) is 3.21. The number of anilines is 1. The normalized spacial score (nSPS) is 14.3. The third-order valence-electron chi connectivity index (χ3n) is 3.25. The maximum atomic E-state index is 11.9. The van der Waals surface area contributed by atoms with Crippen molar-refractivity contribution in [3.05, 3.63) is 44.9 Å². The van der Waals surface area contributed by atoms with Gasteiger partial charge in [0.05, 0.1) is 6.54 Å². The Hall–Kier alpha value is -1.39. The van der Waals surface area contributed by atoms with E-state index in [0.717, 1.165) is 29.0 Å². The van der Waals surface area contributed by atoms with Crippen molar-refractivity contribution in [3.63, 3.8) is 0 Å². The van der Waals surface area contributed by atoms with E-state index in [2.05, 4.69) is 10.3 Å². The van der Waals surface area contributed by atoms with Gasteiger partial charge in [0.15, 0.2) is 10.3 Å². The zero-order valence-corrected chi connectivity index (χ0v) is 11.9. The van der Waals surface area contributed by atoms with Crippen LogP contribution in [0.2, 0.25) is 4.47 Å². The van der Waals surface area contributed by atoms with Crippen LogP contribution in [0.15, 0.2) is 24.4 Å². The molecule has 0 unspecified atom stereocenters. The van der Waals surface area contributed by atoms with Gasteiger partial charge < -0.3 is 5.32 Å². The second-order valence-electron chi connectivity index (χ2n) is 4.58. The predicted octanol–water partition coefficient (Wildman–Crippen LogP) is 3.93. The molecule has 0 fully saturated rings. The number of nitrogens with zero attached hydrogens (tertiary/aromatic N) is 1.